The van der Waals surface area contributed by atoms with Gasteiger partial charge in [-0.05, 0) is 44.7 Å². The minimum absolute atomic E-state index is 0.168. The highest BCUT2D eigenvalue weighted by Crippen LogP contribution is 2.31. The minimum atomic E-state index is -4.79. The van der Waals surface area contributed by atoms with Gasteiger partial charge in [0.05, 0.1) is 12.6 Å². The van der Waals surface area contributed by atoms with Crippen molar-refractivity contribution in [3.63, 3.8) is 0 Å². The van der Waals surface area contributed by atoms with Crippen LogP contribution in [0.3, 0.4) is 0 Å². The van der Waals surface area contributed by atoms with Crippen LogP contribution in [0.5, 0.6) is 0 Å². The van der Waals surface area contributed by atoms with Crippen LogP contribution in [0.4, 0.5) is 4.79 Å². The second-order valence-electron chi connectivity index (χ2n) is 6.33. The van der Waals surface area contributed by atoms with Gasteiger partial charge in [0, 0.05) is 6.54 Å². The molecule has 0 aromatic rings. The number of ether oxygens (including phenoxy) is 1. The first-order valence-electron chi connectivity index (χ1n) is 7.99. The second-order valence-corrected chi connectivity index (χ2v) is 7.34. The third-order valence-electron chi connectivity index (χ3n) is 4.69. The maximum absolute atomic E-state index is 12.3. The van der Waals surface area contributed by atoms with Gasteiger partial charge >= 0.3 is 22.4 Å². The standard InChI is InChI=1S/C13H21N3O7S/c17-12(22-8-9-3-5-14-6-4-9)11-2-1-10-7-15(11)13(18)16(10)23-24(19,20)21/h9-11,14H,1-8H2,(H,19,20,21)/t10?,11-/m0/s1. The number of urea groups is 1. The van der Waals surface area contributed by atoms with E-state index in [0.717, 1.165) is 25.9 Å². The van der Waals surface area contributed by atoms with Crippen molar-refractivity contribution < 1.29 is 31.6 Å². The van der Waals surface area contributed by atoms with Crippen LogP contribution in [-0.2, 0) is 24.2 Å². The zero-order chi connectivity index (χ0) is 17.3. The summed E-state index contributed by atoms with van der Waals surface area (Å²) in [4.78, 5) is 25.8. The third kappa shape index (κ3) is 3.79. The van der Waals surface area contributed by atoms with E-state index >= 15 is 0 Å². The molecule has 3 saturated heterocycles. The van der Waals surface area contributed by atoms with Gasteiger partial charge in [-0.3, -0.25) is 4.55 Å². The first-order chi connectivity index (χ1) is 11.3. The summed E-state index contributed by atoms with van der Waals surface area (Å²) < 4.78 is 40.1. The smallest absolute Gasteiger partial charge is 0.418 e. The SMILES string of the molecule is O=C(OCC1CCNCC1)[C@@H]1CCC2CN1C(=O)N2OS(=O)(=O)O. The summed E-state index contributed by atoms with van der Waals surface area (Å²) >= 11 is 0. The van der Waals surface area contributed by atoms with Crippen molar-refractivity contribution in [2.45, 2.75) is 37.8 Å². The predicted molar refractivity (Wildman–Crippen MR) is 79.9 cm³/mol. The average Bonchev–Trinajstić information content (AvgIpc) is 2.77. The highest BCUT2D eigenvalue weighted by Gasteiger charge is 2.49. The number of nitrogens with zero attached hydrogens (tertiary/aromatic N) is 2. The lowest BCUT2D eigenvalue weighted by molar-refractivity contribution is -0.151. The lowest BCUT2D eigenvalue weighted by Crippen LogP contribution is -2.46. The van der Waals surface area contributed by atoms with Crippen molar-refractivity contribution >= 4 is 22.4 Å². The molecule has 3 rings (SSSR count). The summed E-state index contributed by atoms with van der Waals surface area (Å²) in [5.74, 6) is -0.158. The van der Waals surface area contributed by atoms with Crippen molar-refractivity contribution in [2.24, 2.45) is 5.92 Å². The molecule has 3 aliphatic heterocycles. The van der Waals surface area contributed by atoms with Crippen molar-refractivity contribution in [3.05, 3.63) is 0 Å². The molecule has 24 heavy (non-hydrogen) atoms. The monoisotopic (exact) mass is 363 g/mol. The molecule has 3 aliphatic rings. The Morgan fingerprint density at radius 2 is 1.96 bits per heavy atom. The molecule has 11 heteroatoms. The van der Waals surface area contributed by atoms with Gasteiger partial charge in [-0.15, -0.1) is 4.28 Å². The summed E-state index contributed by atoms with van der Waals surface area (Å²) in [5.41, 5.74) is 0. The number of fused-ring (bicyclic) bond motifs is 2. The number of piperidine rings is 2. The van der Waals surface area contributed by atoms with Crippen LogP contribution < -0.4 is 5.32 Å². The number of esters is 1. The van der Waals surface area contributed by atoms with Crippen LogP contribution in [0.1, 0.15) is 25.7 Å². The fourth-order valence-corrected chi connectivity index (χ4v) is 3.81. The molecule has 2 N–H and O–H groups in total. The van der Waals surface area contributed by atoms with Gasteiger partial charge in [-0.1, -0.05) is 0 Å². The quantitative estimate of drug-likeness (QED) is 0.496. The highest BCUT2D eigenvalue weighted by atomic mass is 32.3. The third-order valence-corrected chi connectivity index (χ3v) is 5.04. The summed E-state index contributed by atoms with van der Waals surface area (Å²) in [6, 6.07) is -2.00. The molecule has 0 saturated carbocycles. The highest BCUT2D eigenvalue weighted by molar-refractivity contribution is 7.80. The van der Waals surface area contributed by atoms with Crippen LogP contribution >= 0.6 is 0 Å². The molecule has 2 amide bonds. The van der Waals surface area contributed by atoms with E-state index in [1.807, 2.05) is 0 Å². The van der Waals surface area contributed by atoms with Crippen molar-refractivity contribution in [2.75, 3.05) is 26.2 Å². The van der Waals surface area contributed by atoms with Gasteiger partial charge in [0.15, 0.2) is 0 Å². The molecule has 0 aromatic carbocycles. The Hall–Kier alpha value is -1.43. The molecular weight excluding hydrogens is 342 g/mol. The van der Waals surface area contributed by atoms with E-state index in [0.29, 0.717) is 30.4 Å². The summed E-state index contributed by atoms with van der Waals surface area (Å²) in [5, 5.41) is 3.85. The molecule has 3 fully saturated rings. The number of carbonyl (C=O) groups is 2. The van der Waals surface area contributed by atoms with Gasteiger partial charge < -0.3 is 15.0 Å². The van der Waals surface area contributed by atoms with Crippen LogP contribution in [-0.4, -0.2) is 73.3 Å². The second kappa shape index (κ2) is 6.82. The number of nitrogens with one attached hydrogen (secondary N) is 1. The summed E-state index contributed by atoms with van der Waals surface area (Å²) in [6.45, 7) is 2.30. The summed E-state index contributed by atoms with van der Waals surface area (Å²) in [7, 11) is -4.79. The largest absolute Gasteiger partial charge is 0.464 e. The zero-order valence-electron chi connectivity index (χ0n) is 13.1. The molecule has 1 unspecified atom stereocenters. The van der Waals surface area contributed by atoms with Crippen molar-refractivity contribution in [1.29, 1.82) is 0 Å². The average molecular weight is 363 g/mol. The maximum Gasteiger partial charge on any atom is 0.418 e. The van der Waals surface area contributed by atoms with Crippen LogP contribution in [0.2, 0.25) is 0 Å². The molecule has 2 bridgehead atoms. The number of hydroxylamine groups is 2. The van der Waals surface area contributed by atoms with E-state index in [-0.39, 0.29) is 6.54 Å². The first kappa shape index (κ1) is 17.4. The molecular formula is C13H21N3O7S. The lowest BCUT2D eigenvalue weighted by Gasteiger charge is -2.29. The lowest BCUT2D eigenvalue weighted by atomic mass is 9.99. The van der Waals surface area contributed by atoms with Crippen molar-refractivity contribution in [1.82, 2.24) is 15.3 Å². The Labute approximate surface area is 140 Å². The summed E-state index contributed by atoms with van der Waals surface area (Å²) in [6.07, 6.45) is 2.65. The number of amides is 2. The van der Waals surface area contributed by atoms with Crippen LogP contribution in [0, 0.1) is 5.92 Å². The van der Waals surface area contributed by atoms with Crippen molar-refractivity contribution in [3.8, 4) is 0 Å². The van der Waals surface area contributed by atoms with E-state index in [4.69, 9.17) is 9.29 Å². The Morgan fingerprint density at radius 3 is 2.62 bits per heavy atom. The Bertz CT molecular complexity index is 605. The minimum Gasteiger partial charge on any atom is -0.464 e. The molecule has 0 aliphatic carbocycles. The number of carbonyl (C=O) groups excluding carboxylic acids is 2. The van der Waals surface area contributed by atoms with Crippen LogP contribution in [0.25, 0.3) is 0 Å². The zero-order valence-corrected chi connectivity index (χ0v) is 13.9. The fraction of sp³-hybridized carbons (Fsp3) is 0.846. The number of hydrogen-bond acceptors (Lipinski definition) is 7. The molecule has 0 aromatic heterocycles. The van der Waals surface area contributed by atoms with Gasteiger partial charge in [-0.2, -0.15) is 13.5 Å². The molecule has 3 heterocycles. The molecule has 10 nitrogen and oxygen atoms in total. The molecule has 136 valence electrons. The van der Waals surface area contributed by atoms with E-state index in [2.05, 4.69) is 9.60 Å². The van der Waals surface area contributed by atoms with E-state index < -0.39 is 34.5 Å². The Kier molecular flexibility index (Phi) is 4.95. The van der Waals surface area contributed by atoms with E-state index in [1.165, 1.54) is 4.90 Å². The number of rotatable bonds is 5. The Morgan fingerprint density at radius 1 is 1.25 bits per heavy atom. The van der Waals surface area contributed by atoms with E-state index in [1.54, 1.807) is 0 Å². The number of hydrogen-bond donors (Lipinski definition) is 2. The van der Waals surface area contributed by atoms with Crippen LogP contribution in [0.15, 0.2) is 0 Å². The van der Waals surface area contributed by atoms with Gasteiger partial charge in [0.1, 0.15) is 6.04 Å². The predicted octanol–water partition coefficient (Wildman–Crippen LogP) is -0.468. The van der Waals surface area contributed by atoms with Gasteiger partial charge in [0.2, 0.25) is 0 Å². The maximum atomic E-state index is 12.3. The molecule has 0 radical (unpaired) electrons. The topological polar surface area (TPSA) is 125 Å². The molecule has 2 atom stereocenters. The van der Waals surface area contributed by atoms with E-state index in [9.17, 15) is 18.0 Å². The normalized spacial score (nSPS) is 28.3. The van der Waals surface area contributed by atoms with Gasteiger partial charge in [-0.25, -0.2) is 9.59 Å². The Balaban J connectivity index is 1.58. The fourth-order valence-electron chi connectivity index (χ4n) is 3.42. The van der Waals surface area contributed by atoms with Gasteiger partial charge in [0.25, 0.3) is 0 Å². The first-order valence-corrected chi connectivity index (χ1v) is 9.36. The molecule has 0 spiro atoms.